The van der Waals surface area contributed by atoms with E-state index in [-0.39, 0.29) is 6.10 Å². The number of halogens is 2. The van der Waals surface area contributed by atoms with Gasteiger partial charge in [-0.2, -0.15) is 0 Å². The monoisotopic (exact) mass is 266 g/mol. The second-order valence-corrected chi connectivity index (χ2v) is 5.02. The van der Waals surface area contributed by atoms with E-state index >= 15 is 0 Å². The number of rotatable bonds is 6. The van der Waals surface area contributed by atoms with E-state index in [1.165, 1.54) is 0 Å². The summed E-state index contributed by atoms with van der Waals surface area (Å²) in [6.07, 6.45) is 2.34. The molecule has 1 heterocycles. The molecule has 6 heteroatoms. The summed E-state index contributed by atoms with van der Waals surface area (Å²) >= 11 is 0. The van der Waals surface area contributed by atoms with Gasteiger partial charge >= 0.3 is 0 Å². The highest BCUT2D eigenvalue weighted by molar-refractivity contribution is 4.80. The van der Waals surface area contributed by atoms with Crippen molar-refractivity contribution in [2.75, 3.05) is 19.8 Å². The molecule has 18 heavy (non-hydrogen) atoms. The fourth-order valence-corrected chi connectivity index (χ4v) is 2.01. The molecule has 1 atom stereocenters. The Hall–Kier alpha value is -0.300. The number of aliphatic hydroxyl groups excluding tert-OH is 1. The summed E-state index contributed by atoms with van der Waals surface area (Å²) in [5.41, 5.74) is 0. The molecule has 0 bridgehead atoms. The van der Waals surface area contributed by atoms with Crippen molar-refractivity contribution in [1.82, 2.24) is 0 Å². The van der Waals surface area contributed by atoms with Gasteiger partial charge in [0.05, 0.1) is 12.2 Å². The van der Waals surface area contributed by atoms with Gasteiger partial charge < -0.3 is 19.3 Å². The first-order valence-corrected chi connectivity index (χ1v) is 6.46. The Kier molecular flexibility index (Phi) is 4.89. The molecular weight excluding hydrogens is 246 g/mol. The fourth-order valence-electron chi connectivity index (χ4n) is 2.01. The van der Waals surface area contributed by atoms with E-state index in [4.69, 9.17) is 19.3 Å². The number of aliphatic hydroxyl groups is 1. The maximum absolute atomic E-state index is 13.4. The van der Waals surface area contributed by atoms with Crippen molar-refractivity contribution in [3.05, 3.63) is 0 Å². The highest BCUT2D eigenvalue weighted by Gasteiger charge is 2.35. The molecule has 1 aliphatic heterocycles. The minimum Gasteiger partial charge on any atom is -0.393 e. The third-order valence-electron chi connectivity index (χ3n) is 3.22. The first-order valence-electron chi connectivity index (χ1n) is 6.46. The van der Waals surface area contributed by atoms with Crippen LogP contribution in [0.3, 0.4) is 0 Å². The minimum atomic E-state index is -3.00. The Morgan fingerprint density at radius 3 is 2.50 bits per heavy atom. The molecule has 2 rings (SSSR count). The maximum Gasteiger partial charge on any atom is 0.293 e. The van der Waals surface area contributed by atoms with Crippen molar-refractivity contribution in [1.29, 1.82) is 0 Å². The molecule has 1 N–H and O–H groups in total. The lowest BCUT2D eigenvalue weighted by Gasteiger charge is -2.32. The molecule has 0 spiro atoms. The van der Waals surface area contributed by atoms with Crippen LogP contribution in [0.15, 0.2) is 0 Å². The standard InChI is InChI=1S/C12H20F2O4/c13-12(14,7-17-10-5-9(15)6-10)8-18-11-3-1-2-4-16-11/h9-11,15H,1-8H2. The summed E-state index contributed by atoms with van der Waals surface area (Å²) in [5, 5.41) is 9.01. The van der Waals surface area contributed by atoms with Crippen molar-refractivity contribution in [3.8, 4) is 0 Å². The van der Waals surface area contributed by atoms with Crippen molar-refractivity contribution < 1.29 is 28.1 Å². The van der Waals surface area contributed by atoms with Crippen LogP contribution in [0.25, 0.3) is 0 Å². The highest BCUT2D eigenvalue weighted by Crippen LogP contribution is 2.26. The third-order valence-corrected chi connectivity index (χ3v) is 3.22. The van der Waals surface area contributed by atoms with Crippen LogP contribution in [0.1, 0.15) is 32.1 Å². The average molecular weight is 266 g/mol. The molecule has 0 aromatic rings. The molecule has 2 fully saturated rings. The van der Waals surface area contributed by atoms with Gasteiger partial charge in [-0.15, -0.1) is 0 Å². The largest absolute Gasteiger partial charge is 0.393 e. The Morgan fingerprint density at radius 1 is 1.17 bits per heavy atom. The SMILES string of the molecule is OC1CC(OCC(F)(F)COC2CCCCO2)C1. The molecule has 0 radical (unpaired) electrons. The van der Waals surface area contributed by atoms with Gasteiger partial charge in [0, 0.05) is 6.61 Å². The molecule has 0 amide bonds. The summed E-state index contributed by atoms with van der Waals surface area (Å²) < 4.78 is 42.1. The van der Waals surface area contributed by atoms with E-state index in [9.17, 15) is 8.78 Å². The van der Waals surface area contributed by atoms with Crippen molar-refractivity contribution in [2.24, 2.45) is 0 Å². The Bertz CT molecular complexity index is 250. The quantitative estimate of drug-likeness (QED) is 0.795. The predicted octanol–water partition coefficient (Wildman–Crippen LogP) is 1.70. The summed E-state index contributed by atoms with van der Waals surface area (Å²) in [4.78, 5) is 0. The van der Waals surface area contributed by atoms with Gasteiger partial charge in [-0.3, -0.25) is 0 Å². The lowest BCUT2D eigenvalue weighted by atomic mass is 9.92. The van der Waals surface area contributed by atoms with Gasteiger partial charge in [-0.25, -0.2) is 8.78 Å². The van der Waals surface area contributed by atoms with Crippen LogP contribution in [0, 0.1) is 0 Å². The molecule has 106 valence electrons. The van der Waals surface area contributed by atoms with Gasteiger partial charge in [-0.1, -0.05) is 0 Å². The summed E-state index contributed by atoms with van der Waals surface area (Å²) in [6.45, 7) is -0.753. The van der Waals surface area contributed by atoms with E-state index in [0.717, 1.165) is 12.8 Å². The average Bonchev–Trinajstić information content (AvgIpc) is 2.32. The second-order valence-electron chi connectivity index (χ2n) is 5.02. The molecule has 0 aromatic heterocycles. The summed E-state index contributed by atoms with van der Waals surface area (Å²) in [6, 6.07) is 0. The van der Waals surface area contributed by atoms with E-state index in [1.54, 1.807) is 0 Å². The van der Waals surface area contributed by atoms with Gasteiger partial charge in [0.1, 0.15) is 13.2 Å². The molecular formula is C12H20F2O4. The molecule has 1 saturated heterocycles. The zero-order valence-electron chi connectivity index (χ0n) is 10.3. The lowest BCUT2D eigenvalue weighted by Crippen LogP contribution is -2.40. The zero-order chi connectivity index (χ0) is 13.0. The van der Waals surface area contributed by atoms with E-state index < -0.39 is 31.5 Å². The van der Waals surface area contributed by atoms with Gasteiger partial charge in [0.25, 0.3) is 5.92 Å². The Balaban J connectivity index is 1.60. The molecule has 1 saturated carbocycles. The van der Waals surface area contributed by atoms with E-state index in [2.05, 4.69) is 0 Å². The van der Waals surface area contributed by atoms with Crippen LogP contribution >= 0.6 is 0 Å². The first kappa shape index (κ1) is 14.1. The Morgan fingerprint density at radius 2 is 1.89 bits per heavy atom. The number of hydrogen-bond acceptors (Lipinski definition) is 4. The summed E-state index contributed by atoms with van der Waals surface area (Å²) in [7, 11) is 0. The van der Waals surface area contributed by atoms with Gasteiger partial charge in [0.2, 0.25) is 0 Å². The van der Waals surface area contributed by atoms with Crippen LogP contribution < -0.4 is 0 Å². The van der Waals surface area contributed by atoms with Crippen LogP contribution in [-0.4, -0.2) is 49.3 Å². The highest BCUT2D eigenvalue weighted by atomic mass is 19.3. The smallest absolute Gasteiger partial charge is 0.293 e. The van der Waals surface area contributed by atoms with Gasteiger partial charge in [0.15, 0.2) is 6.29 Å². The molecule has 1 unspecified atom stereocenters. The molecule has 2 aliphatic rings. The third kappa shape index (κ3) is 4.42. The fraction of sp³-hybridized carbons (Fsp3) is 1.00. The maximum atomic E-state index is 13.4. The number of ether oxygens (including phenoxy) is 3. The number of alkyl halides is 2. The molecule has 1 aliphatic carbocycles. The van der Waals surface area contributed by atoms with Crippen LogP contribution in [0.2, 0.25) is 0 Å². The molecule has 4 nitrogen and oxygen atoms in total. The topological polar surface area (TPSA) is 47.9 Å². The van der Waals surface area contributed by atoms with Gasteiger partial charge in [-0.05, 0) is 32.1 Å². The zero-order valence-corrected chi connectivity index (χ0v) is 10.3. The lowest BCUT2D eigenvalue weighted by molar-refractivity contribution is -0.218. The molecule has 0 aromatic carbocycles. The van der Waals surface area contributed by atoms with E-state index in [1.807, 2.05) is 0 Å². The van der Waals surface area contributed by atoms with Crippen molar-refractivity contribution in [3.63, 3.8) is 0 Å². The van der Waals surface area contributed by atoms with Crippen molar-refractivity contribution >= 4 is 0 Å². The second kappa shape index (κ2) is 6.23. The summed E-state index contributed by atoms with van der Waals surface area (Å²) in [5.74, 6) is -3.00. The Labute approximate surface area is 105 Å². The van der Waals surface area contributed by atoms with Crippen LogP contribution in [-0.2, 0) is 14.2 Å². The van der Waals surface area contributed by atoms with Crippen LogP contribution in [0.4, 0.5) is 8.78 Å². The predicted molar refractivity (Wildman–Crippen MR) is 59.5 cm³/mol. The van der Waals surface area contributed by atoms with Crippen LogP contribution in [0.5, 0.6) is 0 Å². The van der Waals surface area contributed by atoms with Crippen molar-refractivity contribution in [2.45, 2.75) is 56.5 Å². The van der Waals surface area contributed by atoms with E-state index in [0.29, 0.717) is 25.9 Å². The number of hydrogen-bond donors (Lipinski definition) is 1. The minimum absolute atomic E-state index is 0.239. The first-order chi connectivity index (χ1) is 8.55. The normalized spacial score (nSPS) is 33.2.